The van der Waals surface area contributed by atoms with Crippen molar-refractivity contribution in [3.8, 4) is 0 Å². The van der Waals surface area contributed by atoms with Gasteiger partial charge in [-0.1, -0.05) is 11.6 Å². The number of carboxylic acid groups (broad SMARTS) is 1. The lowest BCUT2D eigenvalue weighted by molar-refractivity contribution is -0.138. The molecular formula is C9H10ClN3O3. The number of carbonyl (C=O) groups is 2. The van der Waals surface area contributed by atoms with E-state index >= 15 is 0 Å². The summed E-state index contributed by atoms with van der Waals surface area (Å²) in [5.41, 5.74) is 0.619. The average molecular weight is 244 g/mol. The number of amides is 1. The number of nitrogens with one attached hydrogen (secondary N) is 1. The van der Waals surface area contributed by atoms with Crippen LogP contribution in [0.25, 0.3) is 0 Å². The van der Waals surface area contributed by atoms with Crippen LogP contribution in [0.15, 0.2) is 6.07 Å². The molecule has 1 aromatic rings. The largest absolute Gasteiger partial charge is 0.481 e. The van der Waals surface area contributed by atoms with Crippen LogP contribution >= 0.6 is 11.6 Å². The summed E-state index contributed by atoms with van der Waals surface area (Å²) >= 11 is 5.66. The van der Waals surface area contributed by atoms with E-state index in [-0.39, 0.29) is 23.9 Å². The maximum Gasteiger partial charge on any atom is 0.303 e. The van der Waals surface area contributed by atoms with Crippen LogP contribution in [-0.4, -0.2) is 27.0 Å². The van der Waals surface area contributed by atoms with Gasteiger partial charge in [-0.05, 0) is 13.0 Å². The molecule has 1 amide bonds. The third-order valence-corrected chi connectivity index (χ3v) is 1.83. The zero-order valence-corrected chi connectivity index (χ0v) is 9.28. The maximum atomic E-state index is 11.2. The van der Waals surface area contributed by atoms with E-state index < -0.39 is 11.9 Å². The number of aliphatic carboxylic acids is 1. The zero-order chi connectivity index (χ0) is 12.1. The molecule has 0 saturated carbocycles. The van der Waals surface area contributed by atoms with Crippen LogP contribution in [0.4, 0.5) is 5.95 Å². The van der Waals surface area contributed by atoms with Crippen LogP contribution in [0.5, 0.6) is 0 Å². The van der Waals surface area contributed by atoms with Crippen molar-refractivity contribution in [2.24, 2.45) is 0 Å². The van der Waals surface area contributed by atoms with E-state index in [0.29, 0.717) is 5.69 Å². The smallest absolute Gasteiger partial charge is 0.303 e. The van der Waals surface area contributed by atoms with Gasteiger partial charge in [0.05, 0.1) is 6.42 Å². The van der Waals surface area contributed by atoms with Crippen molar-refractivity contribution < 1.29 is 14.7 Å². The lowest BCUT2D eigenvalue weighted by atomic mass is 10.3. The van der Waals surface area contributed by atoms with Crippen LogP contribution < -0.4 is 5.32 Å². The van der Waals surface area contributed by atoms with Gasteiger partial charge < -0.3 is 5.11 Å². The second-order valence-electron chi connectivity index (χ2n) is 3.10. The Bertz CT molecular complexity index is 402. The minimum atomic E-state index is -1.03. The highest BCUT2D eigenvalue weighted by molar-refractivity contribution is 6.29. The number of aromatic nitrogens is 2. The lowest BCUT2D eigenvalue weighted by Gasteiger charge is -2.03. The highest BCUT2D eigenvalue weighted by atomic mass is 35.5. The lowest BCUT2D eigenvalue weighted by Crippen LogP contribution is -2.15. The third kappa shape index (κ3) is 4.22. The molecule has 0 aromatic carbocycles. The molecule has 1 heterocycles. The van der Waals surface area contributed by atoms with Gasteiger partial charge in [0.2, 0.25) is 11.9 Å². The fraction of sp³-hybridized carbons (Fsp3) is 0.333. The first-order valence-electron chi connectivity index (χ1n) is 4.50. The molecule has 0 atom stereocenters. The Labute approximate surface area is 96.7 Å². The normalized spacial score (nSPS) is 9.88. The number of rotatable bonds is 4. The molecule has 0 aliphatic rings. The van der Waals surface area contributed by atoms with Crippen LogP contribution in [0.3, 0.4) is 0 Å². The van der Waals surface area contributed by atoms with Gasteiger partial charge in [0, 0.05) is 12.1 Å². The number of carbonyl (C=O) groups excluding carboxylic acids is 1. The van der Waals surface area contributed by atoms with E-state index in [1.54, 1.807) is 13.0 Å². The summed E-state index contributed by atoms with van der Waals surface area (Å²) in [4.78, 5) is 29.2. The van der Waals surface area contributed by atoms with E-state index in [1.165, 1.54) is 0 Å². The second-order valence-corrected chi connectivity index (χ2v) is 3.48. The van der Waals surface area contributed by atoms with Gasteiger partial charge in [-0.25, -0.2) is 9.97 Å². The topological polar surface area (TPSA) is 92.2 Å². The van der Waals surface area contributed by atoms with Crippen molar-refractivity contribution in [3.63, 3.8) is 0 Å². The van der Waals surface area contributed by atoms with Crippen molar-refractivity contribution in [2.45, 2.75) is 19.8 Å². The molecule has 0 aliphatic heterocycles. The first-order valence-corrected chi connectivity index (χ1v) is 4.88. The number of aryl methyl sites for hydroxylation is 1. The van der Waals surface area contributed by atoms with Crippen molar-refractivity contribution in [1.82, 2.24) is 9.97 Å². The summed E-state index contributed by atoms with van der Waals surface area (Å²) in [6.07, 6.45) is -0.352. The molecule has 16 heavy (non-hydrogen) atoms. The van der Waals surface area contributed by atoms with Gasteiger partial charge in [0.25, 0.3) is 0 Å². The molecule has 0 unspecified atom stereocenters. The van der Waals surface area contributed by atoms with Crippen LogP contribution in [0.2, 0.25) is 5.15 Å². The highest BCUT2D eigenvalue weighted by Crippen LogP contribution is 2.09. The highest BCUT2D eigenvalue weighted by Gasteiger charge is 2.08. The fourth-order valence-corrected chi connectivity index (χ4v) is 1.23. The quantitative estimate of drug-likeness (QED) is 0.777. The molecule has 1 rings (SSSR count). The van der Waals surface area contributed by atoms with E-state index in [4.69, 9.17) is 16.7 Å². The van der Waals surface area contributed by atoms with Crippen molar-refractivity contribution in [1.29, 1.82) is 0 Å². The molecule has 0 radical (unpaired) electrons. The molecule has 6 nitrogen and oxygen atoms in total. The van der Waals surface area contributed by atoms with E-state index in [1.807, 2.05) is 0 Å². The molecule has 0 fully saturated rings. The van der Waals surface area contributed by atoms with Gasteiger partial charge in [0.1, 0.15) is 5.15 Å². The molecule has 2 N–H and O–H groups in total. The number of halogens is 1. The van der Waals surface area contributed by atoms with E-state index in [0.717, 1.165) is 0 Å². The Morgan fingerprint density at radius 1 is 1.44 bits per heavy atom. The SMILES string of the molecule is Cc1cc(Cl)nc(NC(=O)CCC(=O)O)n1. The molecule has 0 spiro atoms. The summed E-state index contributed by atoms with van der Waals surface area (Å²) in [7, 11) is 0. The first kappa shape index (κ1) is 12.4. The van der Waals surface area contributed by atoms with E-state index in [9.17, 15) is 9.59 Å². The molecular weight excluding hydrogens is 234 g/mol. The van der Waals surface area contributed by atoms with Gasteiger partial charge >= 0.3 is 5.97 Å². The summed E-state index contributed by atoms with van der Waals surface area (Å²) in [5, 5.41) is 11.0. The Hall–Kier alpha value is -1.69. The van der Waals surface area contributed by atoms with Gasteiger partial charge in [0.15, 0.2) is 0 Å². The first-order chi connectivity index (χ1) is 7.47. The Balaban J connectivity index is 2.59. The van der Waals surface area contributed by atoms with Crippen LogP contribution in [0, 0.1) is 6.92 Å². The summed E-state index contributed by atoms with van der Waals surface area (Å²) in [6, 6.07) is 1.55. The number of anilines is 1. The molecule has 0 aliphatic carbocycles. The number of nitrogens with zero attached hydrogens (tertiary/aromatic N) is 2. The number of hydrogen-bond donors (Lipinski definition) is 2. The van der Waals surface area contributed by atoms with Crippen molar-refractivity contribution >= 4 is 29.4 Å². The van der Waals surface area contributed by atoms with Crippen LogP contribution in [-0.2, 0) is 9.59 Å². The van der Waals surface area contributed by atoms with Crippen LogP contribution in [0.1, 0.15) is 18.5 Å². The molecule has 86 valence electrons. The Morgan fingerprint density at radius 3 is 2.69 bits per heavy atom. The predicted molar refractivity (Wildman–Crippen MR) is 57.3 cm³/mol. The molecule has 0 saturated heterocycles. The average Bonchev–Trinajstić information content (AvgIpc) is 2.12. The Kier molecular flexibility index (Phi) is 4.19. The van der Waals surface area contributed by atoms with Gasteiger partial charge in [-0.2, -0.15) is 0 Å². The standard InChI is InChI=1S/C9H10ClN3O3/c1-5-4-6(10)12-9(11-5)13-7(14)2-3-8(15)16/h4H,2-3H2,1H3,(H,15,16)(H,11,12,13,14). The molecule has 0 bridgehead atoms. The zero-order valence-electron chi connectivity index (χ0n) is 8.53. The monoisotopic (exact) mass is 243 g/mol. The van der Waals surface area contributed by atoms with Gasteiger partial charge in [-0.3, -0.25) is 14.9 Å². The Morgan fingerprint density at radius 2 is 2.12 bits per heavy atom. The number of hydrogen-bond acceptors (Lipinski definition) is 4. The van der Waals surface area contributed by atoms with Crippen molar-refractivity contribution in [2.75, 3.05) is 5.32 Å². The van der Waals surface area contributed by atoms with E-state index in [2.05, 4.69) is 15.3 Å². The number of carboxylic acids is 1. The molecule has 1 aromatic heterocycles. The summed E-state index contributed by atoms with van der Waals surface area (Å²) in [6.45, 7) is 1.71. The molecule has 7 heteroatoms. The minimum Gasteiger partial charge on any atom is -0.481 e. The summed E-state index contributed by atoms with van der Waals surface area (Å²) < 4.78 is 0. The maximum absolute atomic E-state index is 11.2. The summed E-state index contributed by atoms with van der Waals surface area (Å²) in [5.74, 6) is -1.40. The fourth-order valence-electron chi connectivity index (χ4n) is 0.994. The van der Waals surface area contributed by atoms with Gasteiger partial charge in [-0.15, -0.1) is 0 Å². The third-order valence-electron chi connectivity index (χ3n) is 1.64. The second kappa shape index (κ2) is 5.41. The minimum absolute atomic E-state index is 0.0837. The predicted octanol–water partition coefficient (Wildman–Crippen LogP) is 1.24. The van der Waals surface area contributed by atoms with Crippen molar-refractivity contribution in [3.05, 3.63) is 16.9 Å².